The molecular weight excluding hydrogens is 464 g/mol. The summed E-state index contributed by atoms with van der Waals surface area (Å²) in [5.41, 5.74) is 3.58. The quantitative estimate of drug-likeness (QED) is 0.422. The number of methoxy groups -OCH3 is 3. The van der Waals surface area contributed by atoms with Crippen LogP contribution in [0.1, 0.15) is 54.8 Å². The molecule has 0 bridgehead atoms. The standard InChI is InChI=1S/C31H38N2O4/c1-21(22-8-9-24-17-26(35-2)11-10-23(24)16-22)31-27-19-29(37-4)28(36-3)18-25(27)12-15-33(31)30(34)20-32-13-6-5-7-14-32/h8-11,16-19,21,31H,5-7,12-15,20H2,1-4H3. The predicted molar refractivity (Wildman–Crippen MR) is 147 cm³/mol. The minimum absolute atomic E-state index is 0.0865. The zero-order valence-corrected chi connectivity index (χ0v) is 22.5. The van der Waals surface area contributed by atoms with Crippen molar-refractivity contribution in [2.75, 3.05) is 47.5 Å². The molecule has 0 N–H and O–H groups in total. The average molecular weight is 503 g/mol. The third kappa shape index (κ3) is 5.12. The molecule has 196 valence electrons. The van der Waals surface area contributed by atoms with Crippen molar-refractivity contribution in [3.8, 4) is 17.2 Å². The van der Waals surface area contributed by atoms with Crippen LogP contribution in [0.2, 0.25) is 0 Å². The maximum Gasteiger partial charge on any atom is 0.237 e. The van der Waals surface area contributed by atoms with Gasteiger partial charge in [0.2, 0.25) is 5.91 Å². The number of hydrogen-bond acceptors (Lipinski definition) is 5. The number of hydrogen-bond donors (Lipinski definition) is 0. The van der Waals surface area contributed by atoms with Crippen molar-refractivity contribution >= 4 is 16.7 Å². The van der Waals surface area contributed by atoms with Crippen LogP contribution in [0.4, 0.5) is 0 Å². The molecule has 2 unspecified atom stereocenters. The molecule has 6 nitrogen and oxygen atoms in total. The number of likely N-dealkylation sites (tertiary alicyclic amines) is 1. The van der Waals surface area contributed by atoms with Crippen molar-refractivity contribution in [2.24, 2.45) is 0 Å². The Morgan fingerprint density at radius 2 is 1.57 bits per heavy atom. The summed E-state index contributed by atoms with van der Waals surface area (Å²) in [5.74, 6) is 2.60. The average Bonchev–Trinajstić information content (AvgIpc) is 2.95. The molecular formula is C31H38N2O4. The Morgan fingerprint density at radius 1 is 0.865 bits per heavy atom. The maximum absolute atomic E-state index is 13.8. The molecule has 2 aliphatic rings. The van der Waals surface area contributed by atoms with Crippen LogP contribution in [0.5, 0.6) is 17.2 Å². The van der Waals surface area contributed by atoms with Crippen molar-refractivity contribution in [1.82, 2.24) is 9.80 Å². The second kappa shape index (κ2) is 11.0. The third-order valence-corrected chi connectivity index (χ3v) is 8.12. The number of nitrogens with zero attached hydrogens (tertiary/aromatic N) is 2. The summed E-state index contributed by atoms with van der Waals surface area (Å²) in [6.45, 7) is 5.45. The number of amides is 1. The number of ether oxygens (including phenoxy) is 3. The highest BCUT2D eigenvalue weighted by Gasteiger charge is 2.36. The Kier molecular flexibility index (Phi) is 7.56. The zero-order chi connectivity index (χ0) is 25.9. The normalized spacial score (nSPS) is 18.8. The summed E-state index contributed by atoms with van der Waals surface area (Å²) in [4.78, 5) is 18.2. The second-order valence-corrected chi connectivity index (χ2v) is 10.3. The van der Waals surface area contributed by atoms with E-state index in [2.05, 4.69) is 59.2 Å². The molecule has 3 aromatic rings. The number of fused-ring (bicyclic) bond motifs is 2. The maximum atomic E-state index is 13.8. The predicted octanol–water partition coefficient (Wildman–Crippen LogP) is 5.58. The van der Waals surface area contributed by atoms with Crippen LogP contribution in [0.25, 0.3) is 10.8 Å². The molecule has 0 saturated carbocycles. The van der Waals surface area contributed by atoms with Crippen molar-refractivity contribution < 1.29 is 19.0 Å². The molecule has 37 heavy (non-hydrogen) atoms. The Bertz CT molecular complexity index is 1270. The van der Waals surface area contributed by atoms with E-state index in [9.17, 15) is 4.79 Å². The molecule has 1 fully saturated rings. The highest BCUT2D eigenvalue weighted by Crippen LogP contribution is 2.44. The molecule has 0 spiro atoms. The van der Waals surface area contributed by atoms with E-state index in [4.69, 9.17) is 14.2 Å². The Labute approximate surface area is 220 Å². The number of piperidine rings is 1. The molecule has 6 heteroatoms. The Balaban J connectivity index is 1.53. The summed E-state index contributed by atoms with van der Waals surface area (Å²) in [6.07, 6.45) is 4.42. The van der Waals surface area contributed by atoms with E-state index in [-0.39, 0.29) is 17.9 Å². The highest BCUT2D eigenvalue weighted by molar-refractivity contribution is 5.85. The van der Waals surface area contributed by atoms with Gasteiger partial charge in [-0.15, -0.1) is 0 Å². The molecule has 2 atom stereocenters. The molecule has 1 saturated heterocycles. The minimum atomic E-state index is -0.0865. The van der Waals surface area contributed by atoms with Crippen LogP contribution in [0.3, 0.4) is 0 Å². The third-order valence-electron chi connectivity index (χ3n) is 8.12. The van der Waals surface area contributed by atoms with Crippen LogP contribution in [0.15, 0.2) is 48.5 Å². The minimum Gasteiger partial charge on any atom is -0.497 e. The smallest absolute Gasteiger partial charge is 0.237 e. The van der Waals surface area contributed by atoms with Gasteiger partial charge in [-0.25, -0.2) is 0 Å². The van der Waals surface area contributed by atoms with Gasteiger partial charge in [-0.1, -0.05) is 37.6 Å². The van der Waals surface area contributed by atoms with E-state index in [1.807, 2.05) is 6.07 Å². The first-order valence-corrected chi connectivity index (χ1v) is 13.4. The van der Waals surface area contributed by atoms with Gasteiger partial charge in [0.15, 0.2) is 11.5 Å². The molecule has 0 radical (unpaired) electrons. The topological polar surface area (TPSA) is 51.2 Å². The van der Waals surface area contributed by atoms with Gasteiger partial charge in [0.1, 0.15) is 5.75 Å². The van der Waals surface area contributed by atoms with Gasteiger partial charge in [-0.3, -0.25) is 9.69 Å². The molecule has 5 rings (SSSR count). The number of carbonyl (C=O) groups is 1. The first-order valence-electron chi connectivity index (χ1n) is 13.4. The summed E-state index contributed by atoms with van der Waals surface area (Å²) in [6, 6.07) is 16.8. The van der Waals surface area contributed by atoms with E-state index in [0.29, 0.717) is 18.8 Å². The van der Waals surface area contributed by atoms with Gasteiger partial charge in [0, 0.05) is 12.5 Å². The Morgan fingerprint density at radius 3 is 2.30 bits per heavy atom. The first kappa shape index (κ1) is 25.4. The highest BCUT2D eigenvalue weighted by atomic mass is 16.5. The van der Waals surface area contributed by atoms with Gasteiger partial charge < -0.3 is 19.1 Å². The molecule has 3 aromatic carbocycles. The van der Waals surface area contributed by atoms with E-state index in [1.54, 1.807) is 21.3 Å². The van der Waals surface area contributed by atoms with Gasteiger partial charge in [0.25, 0.3) is 0 Å². The Hall–Kier alpha value is -3.25. The molecule has 1 amide bonds. The molecule has 2 heterocycles. The summed E-state index contributed by atoms with van der Waals surface area (Å²) >= 11 is 0. The van der Waals surface area contributed by atoms with Crippen LogP contribution < -0.4 is 14.2 Å². The number of rotatable bonds is 7. The lowest BCUT2D eigenvalue weighted by Crippen LogP contribution is -2.47. The van der Waals surface area contributed by atoms with Crippen molar-refractivity contribution in [3.63, 3.8) is 0 Å². The largest absolute Gasteiger partial charge is 0.497 e. The van der Waals surface area contributed by atoms with Crippen molar-refractivity contribution in [3.05, 3.63) is 65.2 Å². The van der Waals surface area contributed by atoms with E-state index >= 15 is 0 Å². The van der Waals surface area contributed by atoms with Gasteiger partial charge in [-0.2, -0.15) is 0 Å². The van der Waals surface area contributed by atoms with Gasteiger partial charge in [0.05, 0.1) is 33.9 Å². The van der Waals surface area contributed by atoms with Crippen molar-refractivity contribution in [1.29, 1.82) is 0 Å². The lowest BCUT2D eigenvalue weighted by Gasteiger charge is -2.42. The van der Waals surface area contributed by atoms with Crippen LogP contribution in [0, 0.1) is 0 Å². The van der Waals surface area contributed by atoms with E-state index in [0.717, 1.165) is 42.0 Å². The van der Waals surface area contributed by atoms with Crippen LogP contribution in [-0.2, 0) is 11.2 Å². The van der Waals surface area contributed by atoms with Crippen LogP contribution >= 0.6 is 0 Å². The fourth-order valence-corrected chi connectivity index (χ4v) is 6.03. The summed E-state index contributed by atoms with van der Waals surface area (Å²) in [5, 5.41) is 2.31. The summed E-state index contributed by atoms with van der Waals surface area (Å²) in [7, 11) is 5.03. The molecule has 2 aliphatic heterocycles. The van der Waals surface area contributed by atoms with Crippen LogP contribution in [-0.4, -0.2) is 63.2 Å². The monoisotopic (exact) mass is 502 g/mol. The van der Waals surface area contributed by atoms with Gasteiger partial charge >= 0.3 is 0 Å². The van der Waals surface area contributed by atoms with Crippen molar-refractivity contribution in [2.45, 2.75) is 44.6 Å². The second-order valence-electron chi connectivity index (χ2n) is 10.3. The van der Waals surface area contributed by atoms with E-state index in [1.165, 1.54) is 35.8 Å². The number of carbonyl (C=O) groups excluding carboxylic acids is 1. The first-order chi connectivity index (χ1) is 18.0. The fraction of sp³-hybridized carbons (Fsp3) is 0.452. The lowest BCUT2D eigenvalue weighted by atomic mass is 9.81. The zero-order valence-electron chi connectivity index (χ0n) is 22.5. The fourth-order valence-electron chi connectivity index (χ4n) is 6.03. The molecule has 0 aromatic heterocycles. The van der Waals surface area contributed by atoms with E-state index < -0.39 is 0 Å². The SMILES string of the molecule is COc1ccc2cc(C(C)C3c4cc(OC)c(OC)cc4CCN3C(=O)CN3CCCCC3)ccc2c1. The van der Waals surface area contributed by atoms with Gasteiger partial charge in [-0.05, 0) is 84.1 Å². The lowest BCUT2D eigenvalue weighted by molar-refractivity contribution is -0.136. The number of benzene rings is 3. The summed E-state index contributed by atoms with van der Waals surface area (Å²) < 4.78 is 16.7. The molecule has 0 aliphatic carbocycles.